The van der Waals surface area contributed by atoms with Gasteiger partial charge in [-0.3, -0.25) is 9.59 Å². The lowest BCUT2D eigenvalue weighted by molar-refractivity contribution is -0.149. The molecule has 8 heteroatoms. The highest BCUT2D eigenvalue weighted by atomic mass is 16.6. The van der Waals surface area contributed by atoms with E-state index in [9.17, 15) is 19.5 Å². The van der Waals surface area contributed by atoms with E-state index in [1.54, 1.807) is 49.9 Å². The molecule has 8 nitrogen and oxygen atoms in total. The van der Waals surface area contributed by atoms with E-state index in [1.807, 2.05) is 52.0 Å². The van der Waals surface area contributed by atoms with Crippen LogP contribution >= 0.6 is 0 Å². The highest BCUT2D eigenvalue weighted by molar-refractivity contribution is 5.93. The fourth-order valence-corrected chi connectivity index (χ4v) is 5.32. The summed E-state index contributed by atoms with van der Waals surface area (Å²) < 4.78 is 5.53. The zero-order valence-electron chi connectivity index (χ0n) is 26.3. The first-order valence-electron chi connectivity index (χ1n) is 15.2. The van der Waals surface area contributed by atoms with Crippen molar-refractivity contribution >= 4 is 17.9 Å². The molecule has 0 radical (unpaired) electrons. The van der Waals surface area contributed by atoms with Gasteiger partial charge in [-0.15, -0.1) is 0 Å². The van der Waals surface area contributed by atoms with Crippen molar-refractivity contribution in [2.75, 3.05) is 0 Å². The Labute approximate surface area is 251 Å². The van der Waals surface area contributed by atoms with Gasteiger partial charge in [-0.05, 0) is 84.1 Å². The second kappa shape index (κ2) is 14.1. The summed E-state index contributed by atoms with van der Waals surface area (Å²) in [5.41, 5.74) is 1.01. The summed E-state index contributed by atoms with van der Waals surface area (Å²) in [6, 6.07) is 12.4. The van der Waals surface area contributed by atoms with E-state index >= 15 is 0 Å². The van der Waals surface area contributed by atoms with Crippen LogP contribution in [0.4, 0.5) is 4.79 Å². The predicted molar refractivity (Wildman–Crippen MR) is 165 cm³/mol. The Balaban J connectivity index is 2.08. The predicted octanol–water partition coefficient (Wildman–Crippen LogP) is 6.34. The van der Waals surface area contributed by atoms with Crippen LogP contribution in [-0.4, -0.2) is 51.1 Å². The molecule has 3 amide bonds. The standard InChI is InChI=1S/C34H49N3O5/c1-8-34(6,7)37(29(25-18-14-23(2)15-19-25)30(39)35-26-12-10-9-11-13-26)31(40)28(36-32(41)42-33(3,4)5)22-24-16-20-27(38)21-17-24/h14-21,26,28-29,38H,8-13,22H2,1-7H3,(H,35,39)(H,36,41). The van der Waals surface area contributed by atoms with Crippen LogP contribution < -0.4 is 10.6 Å². The average molecular weight is 580 g/mol. The number of hydrogen-bond acceptors (Lipinski definition) is 5. The summed E-state index contributed by atoms with van der Waals surface area (Å²) in [6.07, 6.45) is 5.15. The van der Waals surface area contributed by atoms with Gasteiger partial charge in [0, 0.05) is 18.0 Å². The van der Waals surface area contributed by atoms with Gasteiger partial charge in [-0.2, -0.15) is 0 Å². The van der Waals surface area contributed by atoms with Gasteiger partial charge < -0.3 is 25.4 Å². The Bertz CT molecular complexity index is 1200. The molecule has 2 aromatic carbocycles. The first-order valence-corrected chi connectivity index (χ1v) is 15.2. The number of phenols is 1. The molecule has 1 aliphatic rings. The van der Waals surface area contributed by atoms with Crippen LogP contribution in [0.25, 0.3) is 0 Å². The molecule has 3 N–H and O–H groups in total. The molecule has 230 valence electrons. The maximum atomic E-state index is 14.7. The second-order valence-electron chi connectivity index (χ2n) is 13.1. The number of benzene rings is 2. The Hall–Kier alpha value is -3.55. The molecule has 0 heterocycles. The SMILES string of the molecule is CCC(C)(C)N(C(=O)C(Cc1ccc(O)cc1)NC(=O)OC(C)(C)C)C(C(=O)NC1CCCCC1)c1ccc(C)cc1. The molecule has 0 aliphatic heterocycles. The van der Waals surface area contributed by atoms with Gasteiger partial charge in [0.25, 0.3) is 0 Å². The molecular weight excluding hydrogens is 530 g/mol. The number of nitrogens with one attached hydrogen (secondary N) is 2. The van der Waals surface area contributed by atoms with Gasteiger partial charge in [-0.1, -0.05) is 68.1 Å². The zero-order valence-corrected chi connectivity index (χ0v) is 26.3. The largest absolute Gasteiger partial charge is 0.508 e. The van der Waals surface area contributed by atoms with E-state index in [1.165, 1.54) is 0 Å². The van der Waals surface area contributed by atoms with Crippen LogP contribution in [0.3, 0.4) is 0 Å². The smallest absolute Gasteiger partial charge is 0.408 e. The van der Waals surface area contributed by atoms with Gasteiger partial charge in [0.15, 0.2) is 0 Å². The number of carbonyl (C=O) groups is 3. The molecule has 1 saturated carbocycles. The number of aromatic hydroxyl groups is 1. The lowest BCUT2D eigenvalue weighted by Gasteiger charge is -2.45. The van der Waals surface area contributed by atoms with Gasteiger partial charge in [-0.25, -0.2) is 4.79 Å². The van der Waals surface area contributed by atoms with E-state index in [-0.39, 0.29) is 30.0 Å². The first kappa shape index (κ1) is 33.0. The Morgan fingerprint density at radius 2 is 1.55 bits per heavy atom. The van der Waals surface area contributed by atoms with Crippen molar-refractivity contribution in [1.29, 1.82) is 0 Å². The van der Waals surface area contributed by atoms with Crippen LogP contribution in [-0.2, 0) is 20.7 Å². The summed E-state index contributed by atoms with van der Waals surface area (Å²) in [5.74, 6) is -0.499. The highest BCUT2D eigenvalue weighted by Gasteiger charge is 2.43. The lowest BCUT2D eigenvalue weighted by Crippen LogP contribution is -2.60. The first-order chi connectivity index (χ1) is 19.7. The maximum absolute atomic E-state index is 14.7. The zero-order chi connectivity index (χ0) is 31.1. The third-order valence-corrected chi connectivity index (χ3v) is 7.97. The topological polar surface area (TPSA) is 108 Å². The number of amides is 3. The number of nitrogens with zero attached hydrogens (tertiary/aromatic N) is 1. The Morgan fingerprint density at radius 1 is 0.952 bits per heavy atom. The van der Waals surface area contributed by atoms with Crippen molar-refractivity contribution in [1.82, 2.24) is 15.5 Å². The minimum absolute atomic E-state index is 0.0635. The normalized spacial score (nSPS) is 15.8. The quantitative estimate of drug-likeness (QED) is 0.304. The van der Waals surface area contributed by atoms with Gasteiger partial charge >= 0.3 is 6.09 Å². The summed E-state index contributed by atoms with van der Waals surface area (Å²) in [6.45, 7) is 13.2. The molecule has 0 bridgehead atoms. The number of ether oxygens (including phenoxy) is 1. The number of alkyl carbamates (subject to hydrolysis) is 1. The molecule has 0 spiro atoms. The molecule has 2 unspecified atom stereocenters. The molecule has 1 fully saturated rings. The fraction of sp³-hybridized carbons (Fsp3) is 0.559. The number of phenolic OH excluding ortho intramolecular Hbond substituents is 1. The van der Waals surface area contributed by atoms with Crippen molar-refractivity contribution in [2.24, 2.45) is 0 Å². The maximum Gasteiger partial charge on any atom is 0.408 e. The van der Waals surface area contributed by atoms with E-state index < -0.39 is 29.3 Å². The van der Waals surface area contributed by atoms with Crippen LogP contribution in [0.1, 0.15) is 103 Å². The minimum atomic E-state index is -1.02. The Kier molecular flexibility index (Phi) is 11.0. The van der Waals surface area contributed by atoms with Gasteiger partial charge in [0.1, 0.15) is 23.4 Å². The third-order valence-electron chi connectivity index (χ3n) is 7.97. The van der Waals surface area contributed by atoms with Crippen molar-refractivity contribution < 1.29 is 24.2 Å². The average Bonchev–Trinajstić information content (AvgIpc) is 2.92. The summed E-state index contributed by atoms with van der Waals surface area (Å²) in [4.78, 5) is 43.6. The van der Waals surface area contributed by atoms with Gasteiger partial charge in [0.05, 0.1) is 0 Å². The number of carbonyl (C=O) groups excluding carboxylic acids is 3. The molecular formula is C34H49N3O5. The number of aryl methyl sites for hydroxylation is 1. The van der Waals surface area contributed by atoms with E-state index in [2.05, 4.69) is 10.6 Å². The van der Waals surface area contributed by atoms with Crippen LogP contribution in [0.15, 0.2) is 48.5 Å². The van der Waals surface area contributed by atoms with Gasteiger partial charge in [0.2, 0.25) is 11.8 Å². The van der Waals surface area contributed by atoms with Crippen molar-refractivity contribution in [3.8, 4) is 5.75 Å². The lowest BCUT2D eigenvalue weighted by atomic mass is 9.90. The van der Waals surface area contributed by atoms with E-state index in [4.69, 9.17) is 4.74 Å². The van der Waals surface area contributed by atoms with Crippen molar-refractivity contribution in [3.63, 3.8) is 0 Å². The molecule has 3 rings (SSSR count). The number of hydrogen-bond donors (Lipinski definition) is 3. The minimum Gasteiger partial charge on any atom is -0.508 e. The van der Waals surface area contributed by atoms with Crippen LogP contribution in [0, 0.1) is 6.92 Å². The fourth-order valence-electron chi connectivity index (χ4n) is 5.32. The molecule has 2 aromatic rings. The van der Waals surface area contributed by atoms with Crippen molar-refractivity contribution in [3.05, 3.63) is 65.2 Å². The monoisotopic (exact) mass is 579 g/mol. The van der Waals surface area contributed by atoms with Crippen molar-refractivity contribution in [2.45, 2.75) is 123 Å². The molecule has 2 atom stereocenters. The summed E-state index contributed by atoms with van der Waals surface area (Å²) >= 11 is 0. The highest BCUT2D eigenvalue weighted by Crippen LogP contribution is 2.33. The molecule has 1 aliphatic carbocycles. The molecule has 0 saturated heterocycles. The number of rotatable bonds is 10. The second-order valence-corrected chi connectivity index (χ2v) is 13.1. The third kappa shape index (κ3) is 9.23. The molecule has 42 heavy (non-hydrogen) atoms. The summed E-state index contributed by atoms with van der Waals surface area (Å²) in [7, 11) is 0. The van der Waals surface area contributed by atoms with E-state index in [0.717, 1.165) is 43.2 Å². The van der Waals surface area contributed by atoms with Crippen LogP contribution in [0.2, 0.25) is 0 Å². The summed E-state index contributed by atoms with van der Waals surface area (Å²) in [5, 5.41) is 15.9. The Morgan fingerprint density at radius 3 is 2.10 bits per heavy atom. The van der Waals surface area contributed by atoms with E-state index in [0.29, 0.717) is 12.0 Å². The molecule has 0 aromatic heterocycles. The van der Waals surface area contributed by atoms with Crippen LogP contribution in [0.5, 0.6) is 5.75 Å².